The monoisotopic (exact) mass is 159 g/mol. The van der Waals surface area contributed by atoms with Crippen molar-refractivity contribution in [2.75, 3.05) is 20.3 Å². The Morgan fingerprint density at radius 2 is 2.36 bits per heavy atom. The highest BCUT2D eigenvalue weighted by atomic mass is 16.6. The van der Waals surface area contributed by atoms with Gasteiger partial charge in [-0.25, -0.2) is 4.79 Å². The van der Waals surface area contributed by atoms with Crippen LogP contribution in [0, 0.1) is 0 Å². The molecule has 0 aromatic carbocycles. The summed E-state index contributed by atoms with van der Waals surface area (Å²) in [5.41, 5.74) is 0. The number of carbonyl (C=O) groups excluding carboxylic acids is 1. The molecule has 1 saturated carbocycles. The summed E-state index contributed by atoms with van der Waals surface area (Å²) in [4.78, 5) is 12.6. The van der Waals surface area contributed by atoms with E-state index in [1.54, 1.807) is 11.9 Å². The van der Waals surface area contributed by atoms with Crippen molar-refractivity contribution in [2.45, 2.75) is 18.9 Å². The van der Waals surface area contributed by atoms with Gasteiger partial charge in [-0.15, -0.1) is 0 Å². The SMILES string of the molecule is CN(C(=O)OCCO)C1CC1. The van der Waals surface area contributed by atoms with E-state index in [0.29, 0.717) is 6.04 Å². The van der Waals surface area contributed by atoms with Gasteiger partial charge in [0.15, 0.2) is 0 Å². The largest absolute Gasteiger partial charge is 0.447 e. The highest BCUT2D eigenvalue weighted by Gasteiger charge is 2.30. The number of rotatable bonds is 3. The molecule has 1 amide bonds. The summed E-state index contributed by atoms with van der Waals surface area (Å²) in [6, 6.07) is 0.376. The quantitative estimate of drug-likeness (QED) is 0.640. The molecule has 1 aliphatic carbocycles. The molecule has 64 valence electrons. The van der Waals surface area contributed by atoms with Crippen molar-refractivity contribution in [1.82, 2.24) is 4.90 Å². The molecule has 0 aliphatic heterocycles. The number of hydrogen-bond acceptors (Lipinski definition) is 3. The molecule has 0 saturated heterocycles. The lowest BCUT2D eigenvalue weighted by atomic mass is 10.6. The van der Waals surface area contributed by atoms with Crippen LogP contribution >= 0.6 is 0 Å². The Balaban J connectivity index is 2.16. The van der Waals surface area contributed by atoms with E-state index < -0.39 is 0 Å². The fourth-order valence-corrected chi connectivity index (χ4v) is 0.846. The summed E-state index contributed by atoms with van der Waals surface area (Å²) < 4.78 is 4.69. The minimum absolute atomic E-state index is 0.0931. The lowest BCUT2D eigenvalue weighted by molar-refractivity contribution is 0.0893. The molecule has 0 atom stereocenters. The lowest BCUT2D eigenvalue weighted by Gasteiger charge is -2.14. The van der Waals surface area contributed by atoms with E-state index in [1.165, 1.54) is 0 Å². The van der Waals surface area contributed by atoms with Gasteiger partial charge in [0, 0.05) is 13.1 Å². The Labute approximate surface area is 65.8 Å². The van der Waals surface area contributed by atoms with Crippen LogP contribution < -0.4 is 0 Å². The molecule has 1 fully saturated rings. The Bertz CT molecular complexity index is 145. The summed E-state index contributed by atoms with van der Waals surface area (Å²) in [6.07, 6.45) is 1.82. The third-order valence-corrected chi connectivity index (χ3v) is 1.70. The Hall–Kier alpha value is -0.770. The van der Waals surface area contributed by atoms with Gasteiger partial charge in [0.2, 0.25) is 0 Å². The fourth-order valence-electron chi connectivity index (χ4n) is 0.846. The van der Waals surface area contributed by atoms with Crippen molar-refractivity contribution < 1.29 is 14.6 Å². The van der Waals surface area contributed by atoms with Gasteiger partial charge in [-0.1, -0.05) is 0 Å². The van der Waals surface area contributed by atoms with Crippen molar-refractivity contribution >= 4 is 6.09 Å². The van der Waals surface area contributed by atoms with Crippen LogP contribution in [0.2, 0.25) is 0 Å². The third-order valence-electron chi connectivity index (χ3n) is 1.70. The number of aliphatic hydroxyl groups is 1. The summed E-state index contributed by atoms with van der Waals surface area (Å²) in [5, 5.41) is 8.36. The van der Waals surface area contributed by atoms with Gasteiger partial charge in [-0.05, 0) is 12.8 Å². The van der Waals surface area contributed by atoms with E-state index in [9.17, 15) is 4.79 Å². The Morgan fingerprint density at radius 3 is 2.82 bits per heavy atom. The average molecular weight is 159 g/mol. The zero-order chi connectivity index (χ0) is 8.27. The normalized spacial score (nSPS) is 16.2. The maximum Gasteiger partial charge on any atom is 0.409 e. The number of nitrogens with zero attached hydrogens (tertiary/aromatic N) is 1. The van der Waals surface area contributed by atoms with Crippen LogP contribution in [0.25, 0.3) is 0 Å². The molecule has 4 heteroatoms. The van der Waals surface area contributed by atoms with Crippen LogP contribution in [0.5, 0.6) is 0 Å². The number of hydrogen-bond donors (Lipinski definition) is 1. The van der Waals surface area contributed by atoms with E-state index >= 15 is 0 Å². The molecule has 4 nitrogen and oxygen atoms in total. The molecule has 0 unspecified atom stereocenters. The minimum Gasteiger partial charge on any atom is -0.447 e. The molecule has 1 N–H and O–H groups in total. The van der Waals surface area contributed by atoms with Crippen molar-refractivity contribution in [2.24, 2.45) is 0 Å². The topological polar surface area (TPSA) is 49.8 Å². The van der Waals surface area contributed by atoms with Crippen LogP contribution in [-0.4, -0.2) is 42.4 Å². The zero-order valence-electron chi connectivity index (χ0n) is 6.62. The van der Waals surface area contributed by atoms with E-state index in [0.717, 1.165) is 12.8 Å². The van der Waals surface area contributed by atoms with Gasteiger partial charge in [0.1, 0.15) is 6.61 Å². The molecule has 0 radical (unpaired) electrons. The number of ether oxygens (including phenoxy) is 1. The third kappa shape index (κ3) is 2.38. The van der Waals surface area contributed by atoms with E-state index in [1.807, 2.05) is 0 Å². The van der Waals surface area contributed by atoms with Crippen LogP contribution in [-0.2, 0) is 4.74 Å². The molecule has 0 aromatic heterocycles. The molecule has 1 rings (SSSR count). The predicted octanol–water partition coefficient (Wildman–Crippen LogP) is 0.209. The lowest BCUT2D eigenvalue weighted by Crippen LogP contribution is -2.30. The van der Waals surface area contributed by atoms with Gasteiger partial charge in [0.05, 0.1) is 6.61 Å². The first-order valence-electron chi connectivity index (χ1n) is 3.76. The van der Waals surface area contributed by atoms with E-state index in [4.69, 9.17) is 9.84 Å². The van der Waals surface area contributed by atoms with Gasteiger partial charge < -0.3 is 14.7 Å². The highest BCUT2D eigenvalue weighted by Crippen LogP contribution is 2.25. The average Bonchev–Trinajstić information content (AvgIpc) is 2.81. The van der Waals surface area contributed by atoms with Crippen molar-refractivity contribution in [3.05, 3.63) is 0 Å². The molecule has 0 aromatic rings. The van der Waals surface area contributed by atoms with Gasteiger partial charge in [-0.3, -0.25) is 0 Å². The predicted molar refractivity (Wildman–Crippen MR) is 39.2 cm³/mol. The molecular formula is C7H13NO3. The first-order valence-corrected chi connectivity index (χ1v) is 3.76. The maximum atomic E-state index is 11.0. The number of carbonyl (C=O) groups is 1. The second-order valence-corrected chi connectivity index (χ2v) is 2.68. The van der Waals surface area contributed by atoms with Crippen LogP contribution in [0.1, 0.15) is 12.8 Å². The summed E-state index contributed by atoms with van der Waals surface area (Å²) in [7, 11) is 1.72. The number of amides is 1. The van der Waals surface area contributed by atoms with Gasteiger partial charge in [0.25, 0.3) is 0 Å². The second kappa shape index (κ2) is 3.57. The molecular weight excluding hydrogens is 146 g/mol. The molecule has 0 spiro atoms. The summed E-state index contributed by atoms with van der Waals surface area (Å²) >= 11 is 0. The van der Waals surface area contributed by atoms with Crippen molar-refractivity contribution in [1.29, 1.82) is 0 Å². The standard InChI is InChI=1S/C7H13NO3/c1-8(6-2-3-6)7(10)11-5-4-9/h6,9H,2-5H2,1H3. The van der Waals surface area contributed by atoms with E-state index in [2.05, 4.69) is 0 Å². The van der Waals surface area contributed by atoms with E-state index in [-0.39, 0.29) is 19.3 Å². The van der Waals surface area contributed by atoms with Crippen molar-refractivity contribution in [3.8, 4) is 0 Å². The molecule has 11 heavy (non-hydrogen) atoms. The van der Waals surface area contributed by atoms with Gasteiger partial charge in [-0.2, -0.15) is 0 Å². The first kappa shape index (κ1) is 8.33. The Kier molecular flexibility index (Phi) is 2.70. The summed E-state index contributed by atoms with van der Waals surface area (Å²) in [6.45, 7) is -0.0138. The summed E-state index contributed by atoms with van der Waals surface area (Å²) in [5.74, 6) is 0. The zero-order valence-corrected chi connectivity index (χ0v) is 6.62. The van der Waals surface area contributed by atoms with Crippen LogP contribution in [0.4, 0.5) is 4.79 Å². The fraction of sp³-hybridized carbons (Fsp3) is 0.857. The minimum atomic E-state index is -0.332. The highest BCUT2D eigenvalue weighted by molar-refractivity contribution is 5.68. The first-order chi connectivity index (χ1) is 5.25. The molecule has 0 heterocycles. The van der Waals surface area contributed by atoms with Gasteiger partial charge >= 0.3 is 6.09 Å². The second-order valence-electron chi connectivity index (χ2n) is 2.68. The van der Waals surface area contributed by atoms with Crippen LogP contribution in [0.3, 0.4) is 0 Å². The van der Waals surface area contributed by atoms with Crippen LogP contribution in [0.15, 0.2) is 0 Å². The molecule has 1 aliphatic rings. The maximum absolute atomic E-state index is 11.0. The smallest absolute Gasteiger partial charge is 0.409 e. The Morgan fingerprint density at radius 1 is 1.73 bits per heavy atom. The molecule has 0 bridgehead atoms. The van der Waals surface area contributed by atoms with Crippen molar-refractivity contribution in [3.63, 3.8) is 0 Å². The number of aliphatic hydroxyl groups excluding tert-OH is 1.